The van der Waals surface area contributed by atoms with Gasteiger partial charge in [-0.25, -0.2) is 9.97 Å². The van der Waals surface area contributed by atoms with Crippen molar-refractivity contribution < 1.29 is 9.53 Å². The van der Waals surface area contributed by atoms with Crippen molar-refractivity contribution in [2.24, 2.45) is 0 Å². The number of carbonyl (C=O) groups excluding carboxylic acids is 1. The Morgan fingerprint density at radius 2 is 1.85 bits per heavy atom. The molecule has 1 N–H and O–H groups in total. The Morgan fingerprint density at radius 3 is 2.50 bits per heavy atom. The van der Waals surface area contributed by atoms with Gasteiger partial charge in [-0.05, 0) is 38.5 Å². The number of hydrogen-bond acceptors (Lipinski definition) is 6. The Bertz CT molecular complexity index is 1350. The molecule has 34 heavy (non-hydrogen) atoms. The first-order valence-electron chi connectivity index (χ1n) is 11.1. The van der Waals surface area contributed by atoms with Crippen LogP contribution in [0.4, 0.5) is 5.82 Å². The molecule has 7 nitrogen and oxygen atoms in total. The first kappa shape index (κ1) is 23.2. The maximum atomic E-state index is 12.2. The molecule has 1 atom stereocenters. The molecule has 0 aliphatic carbocycles. The molecule has 2 aromatic heterocycles. The number of nitrogens with zero attached hydrogens (tertiary/aromatic N) is 4. The summed E-state index contributed by atoms with van der Waals surface area (Å²) in [5.74, 6) is 1.97. The molecule has 4 aromatic rings. The fourth-order valence-corrected chi connectivity index (χ4v) is 3.91. The number of methoxy groups -OCH3 is 1. The third-order valence-electron chi connectivity index (χ3n) is 5.72. The van der Waals surface area contributed by atoms with Crippen LogP contribution in [0.3, 0.4) is 0 Å². The van der Waals surface area contributed by atoms with E-state index in [-0.39, 0.29) is 11.9 Å². The quantitative estimate of drug-likeness (QED) is 0.431. The number of nitrogens with one attached hydrogen (secondary N) is 1. The number of pyridine rings is 1. The summed E-state index contributed by atoms with van der Waals surface area (Å²) in [6, 6.07) is 16.0. The van der Waals surface area contributed by atoms with Gasteiger partial charge in [-0.3, -0.25) is 9.78 Å². The van der Waals surface area contributed by atoms with Gasteiger partial charge in [-0.1, -0.05) is 35.9 Å². The van der Waals surface area contributed by atoms with E-state index >= 15 is 0 Å². The van der Waals surface area contributed by atoms with Crippen LogP contribution in [0.5, 0.6) is 5.75 Å². The highest BCUT2D eigenvalue weighted by molar-refractivity contribution is 5.96. The van der Waals surface area contributed by atoms with E-state index in [1.54, 1.807) is 33.5 Å². The van der Waals surface area contributed by atoms with Gasteiger partial charge in [0.1, 0.15) is 23.1 Å². The number of carbonyl (C=O) groups is 1. The molecular formula is C27H29N5O2. The number of fused-ring (bicyclic) bond motifs is 1. The minimum atomic E-state index is -0.141. The predicted molar refractivity (Wildman–Crippen MR) is 135 cm³/mol. The molecule has 0 unspecified atom stereocenters. The van der Waals surface area contributed by atoms with E-state index in [0.717, 1.165) is 27.8 Å². The summed E-state index contributed by atoms with van der Waals surface area (Å²) in [6.45, 7) is 6.09. The summed E-state index contributed by atoms with van der Waals surface area (Å²) < 4.78 is 5.68. The Balaban J connectivity index is 1.78. The van der Waals surface area contributed by atoms with E-state index in [1.807, 2.05) is 25.1 Å². The summed E-state index contributed by atoms with van der Waals surface area (Å²) in [4.78, 5) is 27.4. The largest absolute Gasteiger partial charge is 0.496 e. The van der Waals surface area contributed by atoms with Gasteiger partial charge >= 0.3 is 0 Å². The predicted octanol–water partition coefficient (Wildman–Crippen LogP) is 5.19. The SMILES string of the molecule is COc1cc2nc(C)nc(N[C@@H](C)c3cccc(C)c3)c2cc1-c1ccc(C(=O)N(C)C)nc1. The van der Waals surface area contributed by atoms with Crippen molar-refractivity contribution in [3.8, 4) is 16.9 Å². The molecule has 2 heterocycles. The number of aromatic nitrogens is 3. The lowest BCUT2D eigenvalue weighted by Gasteiger charge is -2.18. The molecule has 1 amide bonds. The second kappa shape index (κ2) is 9.47. The third kappa shape index (κ3) is 4.69. The Hall–Kier alpha value is -4.00. The van der Waals surface area contributed by atoms with Crippen molar-refractivity contribution in [2.75, 3.05) is 26.5 Å². The van der Waals surface area contributed by atoms with Crippen molar-refractivity contribution in [3.05, 3.63) is 77.4 Å². The Morgan fingerprint density at radius 1 is 1.06 bits per heavy atom. The van der Waals surface area contributed by atoms with Crippen LogP contribution in [0.1, 0.15) is 40.4 Å². The van der Waals surface area contributed by atoms with Gasteiger partial charge in [-0.15, -0.1) is 0 Å². The molecule has 7 heteroatoms. The number of aryl methyl sites for hydroxylation is 2. The van der Waals surface area contributed by atoms with E-state index < -0.39 is 0 Å². The zero-order valence-corrected chi connectivity index (χ0v) is 20.4. The lowest BCUT2D eigenvalue weighted by atomic mass is 10.0. The minimum absolute atomic E-state index is 0.0564. The number of amides is 1. The lowest BCUT2D eigenvalue weighted by Crippen LogP contribution is -2.22. The molecule has 2 aromatic carbocycles. The lowest BCUT2D eigenvalue weighted by molar-refractivity contribution is 0.0822. The topological polar surface area (TPSA) is 80.2 Å². The highest BCUT2D eigenvalue weighted by Gasteiger charge is 2.16. The van der Waals surface area contributed by atoms with Crippen LogP contribution < -0.4 is 10.1 Å². The maximum Gasteiger partial charge on any atom is 0.271 e. The first-order valence-corrected chi connectivity index (χ1v) is 11.1. The van der Waals surface area contributed by atoms with Crippen molar-refractivity contribution in [3.63, 3.8) is 0 Å². The van der Waals surface area contributed by atoms with E-state index in [0.29, 0.717) is 17.3 Å². The van der Waals surface area contributed by atoms with Crippen molar-refractivity contribution in [1.29, 1.82) is 0 Å². The number of hydrogen-bond donors (Lipinski definition) is 1. The zero-order chi connectivity index (χ0) is 24.4. The highest BCUT2D eigenvalue weighted by Crippen LogP contribution is 2.36. The molecule has 0 bridgehead atoms. The number of anilines is 1. The second-order valence-electron chi connectivity index (χ2n) is 8.60. The van der Waals surface area contributed by atoms with Gasteiger partial charge in [0.25, 0.3) is 5.91 Å². The second-order valence-corrected chi connectivity index (χ2v) is 8.60. The molecule has 174 valence electrons. The fourth-order valence-electron chi connectivity index (χ4n) is 3.91. The smallest absolute Gasteiger partial charge is 0.271 e. The van der Waals surface area contributed by atoms with Crippen LogP contribution in [0, 0.1) is 13.8 Å². The summed E-state index contributed by atoms with van der Waals surface area (Å²) in [6.07, 6.45) is 1.69. The van der Waals surface area contributed by atoms with Gasteiger partial charge in [-0.2, -0.15) is 0 Å². The summed E-state index contributed by atoms with van der Waals surface area (Å²) in [5, 5.41) is 4.45. The maximum absolute atomic E-state index is 12.2. The van der Waals surface area contributed by atoms with Crippen LogP contribution in [0.15, 0.2) is 54.7 Å². The molecule has 0 spiro atoms. The van der Waals surface area contributed by atoms with Crippen LogP contribution in [-0.2, 0) is 0 Å². The minimum Gasteiger partial charge on any atom is -0.496 e. The van der Waals surface area contributed by atoms with E-state index in [9.17, 15) is 4.79 Å². The molecule has 0 aliphatic rings. The molecule has 0 radical (unpaired) electrons. The van der Waals surface area contributed by atoms with Crippen molar-refractivity contribution in [1.82, 2.24) is 19.9 Å². The molecule has 0 saturated heterocycles. The van der Waals surface area contributed by atoms with Gasteiger partial charge in [0.05, 0.1) is 12.6 Å². The zero-order valence-electron chi connectivity index (χ0n) is 20.4. The average molecular weight is 456 g/mol. The standard InChI is InChI=1S/C27H29N5O2/c1-16-8-7-9-19(12-16)17(2)29-26-22-13-21(25(34-6)14-24(22)30-18(3)31-26)20-10-11-23(28-15-20)27(33)32(4)5/h7-15,17H,1-6H3,(H,29,30,31)/t17-/m0/s1. The number of benzene rings is 2. The van der Waals surface area contributed by atoms with E-state index in [2.05, 4.69) is 53.4 Å². The Kier molecular flexibility index (Phi) is 6.45. The molecule has 0 saturated carbocycles. The monoisotopic (exact) mass is 455 g/mol. The van der Waals surface area contributed by atoms with Gasteiger partial charge in [0.15, 0.2) is 0 Å². The van der Waals surface area contributed by atoms with Crippen LogP contribution in [-0.4, -0.2) is 47.0 Å². The van der Waals surface area contributed by atoms with Crippen molar-refractivity contribution >= 4 is 22.6 Å². The molecule has 4 rings (SSSR count). The van der Waals surface area contributed by atoms with E-state index in [4.69, 9.17) is 9.72 Å². The molecule has 0 fully saturated rings. The number of rotatable bonds is 6. The number of ether oxygens (including phenoxy) is 1. The first-order chi connectivity index (χ1) is 16.3. The van der Waals surface area contributed by atoms with Crippen LogP contribution in [0.2, 0.25) is 0 Å². The van der Waals surface area contributed by atoms with Gasteiger partial charge in [0, 0.05) is 48.9 Å². The van der Waals surface area contributed by atoms with Crippen LogP contribution in [0.25, 0.3) is 22.0 Å². The summed E-state index contributed by atoms with van der Waals surface area (Å²) in [5.41, 5.74) is 5.27. The highest BCUT2D eigenvalue weighted by atomic mass is 16.5. The van der Waals surface area contributed by atoms with Gasteiger partial charge < -0.3 is 15.0 Å². The third-order valence-corrected chi connectivity index (χ3v) is 5.72. The molecule has 0 aliphatic heterocycles. The Labute approximate surface area is 199 Å². The van der Waals surface area contributed by atoms with Crippen molar-refractivity contribution in [2.45, 2.75) is 26.8 Å². The van der Waals surface area contributed by atoms with E-state index in [1.165, 1.54) is 16.0 Å². The van der Waals surface area contributed by atoms with Gasteiger partial charge in [0.2, 0.25) is 0 Å². The fraction of sp³-hybridized carbons (Fsp3) is 0.259. The molecular weight excluding hydrogens is 426 g/mol. The van der Waals surface area contributed by atoms with Crippen LogP contribution >= 0.6 is 0 Å². The summed E-state index contributed by atoms with van der Waals surface area (Å²) in [7, 11) is 5.05. The normalized spacial score (nSPS) is 11.8. The summed E-state index contributed by atoms with van der Waals surface area (Å²) >= 11 is 0. The average Bonchev–Trinajstić information content (AvgIpc) is 2.82.